The molecule has 0 atom stereocenters. The van der Waals surface area contributed by atoms with Gasteiger partial charge in [0.2, 0.25) is 0 Å². The molecule has 1 aromatic carbocycles. The molecule has 0 aliphatic carbocycles. The fraction of sp³-hybridized carbons (Fsp3) is 0.632. The Bertz CT molecular complexity index is 325. The fourth-order valence-electron chi connectivity index (χ4n) is 1.41. The predicted molar refractivity (Wildman–Crippen MR) is 96.0 cm³/mol. The molecule has 0 fully saturated rings. The van der Waals surface area contributed by atoms with Gasteiger partial charge in [-0.2, -0.15) is 0 Å². The summed E-state index contributed by atoms with van der Waals surface area (Å²) in [6.07, 6.45) is 0. The zero-order valence-electron chi connectivity index (χ0n) is 16.1. The molecule has 1 nitrogen and oxygen atoms in total. The highest BCUT2D eigenvalue weighted by Crippen LogP contribution is 2.16. The molecule has 0 N–H and O–H groups in total. The van der Waals surface area contributed by atoms with Crippen LogP contribution in [0.2, 0.25) is 0 Å². The van der Waals surface area contributed by atoms with Crippen molar-refractivity contribution in [3.63, 3.8) is 0 Å². The Balaban J connectivity index is -0.000000138. The molecule has 0 saturated heterocycles. The highest BCUT2D eigenvalue weighted by Gasteiger charge is 2.05. The Morgan fingerprint density at radius 1 is 0.750 bits per heavy atom. The molecule has 0 radical (unpaired) electrons. The van der Waals surface area contributed by atoms with Crippen LogP contribution in [-0.2, 0) is 0 Å². The highest BCUT2D eigenvalue weighted by atomic mass is 16.1. The van der Waals surface area contributed by atoms with Crippen LogP contribution in [0.3, 0.4) is 0 Å². The third kappa shape index (κ3) is 12.0. The third-order valence-corrected chi connectivity index (χ3v) is 2.19. The Hall–Kier alpha value is -1.11. The first-order valence-corrected chi connectivity index (χ1v) is 8.11. The average molecular weight is 283 g/mol. The summed E-state index contributed by atoms with van der Waals surface area (Å²) in [7, 11) is 0. The lowest BCUT2D eigenvalue weighted by molar-refractivity contribution is 0.101. The van der Waals surface area contributed by atoms with Crippen molar-refractivity contribution in [1.82, 2.24) is 0 Å². The lowest BCUT2D eigenvalue weighted by Gasteiger charge is -2.06. The smallest absolute Gasteiger partial charge is 0.160 e. The molecule has 1 rings (SSSR count). The first-order valence-electron chi connectivity index (χ1n) is 8.11. The second-order valence-corrected chi connectivity index (χ2v) is 3.31. The van der Waals surface area contributed by atoms with Crippen LogP contribution in [0.1, 0.15) is 89.4 Å². The van der Waals surface area contributed by atoms with E-state index in [1.807, 2.05) is 82.2 Å². The average Bonchev–Trinajstić information content (AvgIpc) is 2.51. The number of carbonyl (C=O) groups excluding carboxylic acids is 1. The number of carbonyl (C=O) groups is 1. The van der Waals surface area contributed by atoms with Gasteiger partial charge in [-0.05, 0) is 44.9 Å². The maximum absolute atomic E-state index is 11.2. The molecule has 1 aromatic rings. The van der Waals surface area contributed by atoms with E-state index in [1.165, 1.54) is 5.56 Å². The summed E-state index contributed by atoms with van der Waals surface area (Å²) in [6, 6.07) is 4.05. The molecular formula is C19H38O. The maximum atomic E-state index is 11.2. The van der Waals surface area contributed by atoms with Crippen molar-refractivity contribution in [1.29, 1.82) is 0 Å². The summed E-state index contributed by atoms with van der Waals surface area (Å²) in [5.41, 5.74) is 4.31. The van der Waals surface area contributed by atoms with Crippen LogP contribution >= 0.6 is 0 Å². The molecular weight excluding hydrogens is 244 g/mol. The summed E-state index contributed by atoms with van der Waals surface area (Å²) in [4.78, 5) is 11.2. The van der Waals surface area contributed by atoms with Crippen LogP contribution in [0, 0.1) is 20.8 Å². The number of aryl methyl sites for hydroxylation is 2. The number of Topliss-reactive ketones (excluding diaryl/α,β-unsaturated/α-hetero) is 1. The molecule has 0 heterocycles. The number of hydrogen-bond acceptors (Lipinski definition) is 1. The second kappa shape index (κ2) is 20.2. The monoisotopic (exact) mass is 282 g/mol. The number of hydrogen-bond donors (Lipinski definition) is 0. The van der Waals surface area contributed by atoms with Gasteiger partial charge in [0.25, 0.3) is 0 Å². The van der Waals surface area contributed by atoms with Gasteiger partial charge in [-0.3, -0.25) is 4.79 Å². The minimum Gasteiger partial charge on any atom is -0.295 e. The number of benzene rings is 1. The van der Waals surface area contributed by atoms with E-state index >= 15 is 0 Å². The van der Waals surface area contributed by atoms with Crippen LogP contribution in [0.5, 0.6) is 0 Å². The van der Waals surface area contributed by atoms with Gasteiger partial charge in [0.05, 0.1) is 0 Å². The van der Waals surface area contributed by atoms with Gasteiger partial charge >= 0.3 is 0 Å². The minimum absolute atomic E-state index is 0.152. The molecule has 120 valence electrons. The van der Waals surface area contributed by atoms with Crippen molar-refractivity contribution in [3.05, 3.63) is 34.4 Å². The van der Waals surface area contributed by atoms with E-state index in [2.05, 4.69) is 6.07 Å². The first-order chi connectivity index (χ1) is 9.52. The normalized spacial score (nSPS) is 7.20. The molecule has 0 aliphatic heterocycles. The van der Waals surface area contributed by atoms with Gasteiger partial charge in [-0.1, -0.05) is 67.0 Å². The van der Waals surface area contributed by atoms with Crippen molar-refractivity contribution in [2.75, 3.05) is 0 Å². The number of rotatable bonds is 1. The van der Waals surface area contributed by atoms with E-state index < -0.39 is 0 Å². The zero-order chi connectivity index (χ0) is 17.3. The molecule has 0 unspecified atom stereocenters. The molecule has 0 aromatic heterocycles. The van der Waals surface area contributed by atoms with E-state index in [9.17, 15) is 4.79 Å². The van der Waals surface area contributed by atoms with E-state index in [0.717, 1.165) is 16.7 Å². The van der Waals surface area contributed by atoms with Crippen molar-refractivity contribution in [3.8, 4) is 0 Å². The van der Waals surface area contributed by atoms with Crippen LogP contribution in [-0.4, -0.2) is 5.78 Å². The van der Waals surface area contributed by atoms with Gasteiger partial charge in [-0.25, -0.2) is 0 Å². The largest absolute Gasteiger partial charge is 0.295 e. The van der Waals surface area contributed by atoms with Gasteiger partial charge in [-0.15, -0.1) is 0 Å². The van der Waals surface area contributed by atoms with Crippen LogP contribution in [0.4, 0.5) is 0 Å². The minimum atomic E-state index is 0.152. The SMILES string of the molecule is CC.CC.CC.CC.CC(=O)c1cc(C)cc(C)c1C. The van der Waals surface area contributed by atoms with Gasteiger partial charge in [0.1, 0.15) is 0 Å². The van der Waals surface area contributed by atoms with Crippen molar-refractivity contribution in [2.45, 2.75) is 83.1 Å². The van der Waals surface area contributed by atoms with Gasteiger partial charge in [0, 0.05) is 5.56 Å². The quantitative estimate of drug-likeness (QED) is 0.511. The van der Waals surface area contributed by atoms with Gasteiger partial charge in [0.15, 0.2) is 5.78 Å². The standard InChI is InChI=1S/C11H14O.4C2H6/c1-7-5-8(2)9(3)11(6-7)10(4)12;4*1-2/h5-6H,1-4H3;4*1-2H3. The predicted octanol–water partition coefficient (Wildman–Crippen LogP) is 6.92. The third-order valence-electron chi connectivity index (χ3n) is 2.19. The Morgan fingerprint density at radius 2 is 1.10 bits per heavy atom. The summed E-state index contributed by atoms with van der Waals surface area (Å²) in [5.74, 6) is 0.152. The van der Waals surface area contributed by atoms with E-state index in [1.54, 1.807) is 6.92 Å². The van der Waals surface area contributed by atoms with E-state index in [0.29, 0.717) is 0 Å². The number of ketones is 1. The van der Waals surface area contributed by atoms with E-state index in [4.69, 9.17) is 0 Å². The van der Waals surface area contributed by atoms with Gasteiger partial charge < -0.3 is 0 Å². The van der Waals surface area contributed by atoms with E-state index in [-0.39, 0.29) is 5.78 Å². The molecule has 1 heteroatoms. The van der Waals surface area contributed by atoms with Crippen LogP contribution in [0.25, 0.3) is 0 Å². The van der Waals surface area contributed by atoms with Crippen LogP contribution in [0.15, 0.2) is 12.1 Å². The lowest BCUT2D eigenvalue weighted by Crippen LogP contribution is -1.98. The van der Waals surface area contributed by atoms with Crippen LogP contribution < -0.4 is 0 Å². The molecule has 0 bridgehead atoms. The maximum Gasteiger partial charge on any atom is 0.160 e. The Labute approximate surface area is 128 Å². The topological polar surface area (TPSA) is 17.1 Å². The molecule has 0 aliphatic rings. The summed E-state index contributed by atoms with van der Waals surface area (Å²) < 4.78 is 0. The highest BCUT2D eigenvalue weighted by molar-refractivity contribution is 5.96. The fourth-order valence-corrected chi connectivity index (χ4v) is 1.41. The Morgan fingerprint density at radius 3 is 1.40 bits per heavy atom. The van der Waals surface area contributed by atoms with Crippen molar-refractivity contribution >= 4 is 5.78 Å². The first kappa shape index (κ1) is 27.3. The summed E-state index contributed by atoms with van der Waals surface area (Å²) in [5, 5.41) is 0. The molecule has 20 heavy (non-hydrogen) atoms. The molecule has 0 spiro atoms. The summed E-state index contributed by atoms with van der Waals surface area (Å²) >= 11 is 0. The lowest BCUT2D eigenvalue weighted by atomic mass is 9.98. The summed E-state index contributed by atoms with van der Waals surface area (Å²) in [6.45, 7) is 23.7. The zero-order valence-corrected chi connectivity index (χ0v) is 16.1. The second-order valence-electron chi connectivity index (χ2n) is 3.31. The molecule has 0 amide bonds. The molecule has 0 saturated carbocycles. The Kier molecular flexibility index (Phi) is 27.6. The van der Waals surface area contributed by atoms with Crippen molar-refractivity contribution in [2.24, 2.45) is 0 Å². The van der Waals surface area contributed by atoms with Crippen molar-refractivity contribution < 1.29 is 4.79 Å².